The Hall–Kier alpha value is -1.35. The molecule has 0 bridgehead atoms. The van der Waals surface area contributed by atoms with Crippen molar-refractivity contribution in [1.82, 2.24) is 14.9 Å². The van der Waals surface area contributed by atoms with Crippen LogP contribution in [0.5, 0.6) is 0 Å². The number of rotatable bonds is 3. The standard InChI is InChI=1S/C15H21N3/c1-10(2)18-14-7-5-4-6-13(14)17-15(18)11(3)12-8-16-9-12/h4-7,10-12,16H,8-9H2,1-3H3. The lowest BCUT2D eigenvalue weighted by molar-refractivity contribution is 0.289. The van der Waals surface area contributed by atoms with Gasteiger partial charge in [-0.1, -0.05) is 19.1 Å². The maximum absolute atomic E-state index is 4.87. The largest absolute Gasteiger partial charge is 0.325 e. The highest BCUT2D eigenvalue weighted by atomic mass is 15.1. The van der Waals surface area contributed by atoms with Gasteiger partial charge in [-0.3, -0.25) is 0 Å². The van der Waals surface area contributed by atoms with Gasteiger partial charge in [0.1, 0.15) is 5.82 Å². The Bertz CT molecular complexity index is 552. The van der Waals surface area contributed by atoms with Gasteiger partial charge in [-0.05, 0) is 45.0 Å². The van der Waals surface area contributed by atoms with Gasteiger partial charge in [-0.2, -0.15) is 0 Å². The van der Waals surface area contributed by atoms with Gasteiger partial charge in [0.05, 0.1) is 11.0 Å². The molecule has 0 spiro atoms. The number of aromatic nitrogens is 2. The van der Waals surface area contributed by atoms with E-state index >= 15 is 0 Å². The second kappa shape index (κ2) is 4.39. The van der Waals surface area contributed by atoms with Crippen molar-refractivity contribution >= 4 is 11.0 Å². The maximum Gasteiger partial charge on any atom is 0.113 e. The molecular weight excluding hydrogens is 222 g/mol. The Labute approximate surface area is 108 Å². The molecule has 0 saturated carbocycles. The van der Waals surface area contributed by atoms with Gasteiger partial charge in [0.15, 0.2) is 0 Å². The third kappa shape index (κ3) is 1.74. The molecule has 0 aliphatic carbocycles. The van der Waals surface area contributed by atoms with E-state index in [4.69, 9.17) is 4.98 Å². The molecule has 0 amide bonds. The van der Waals surface area contributed by atoms with Crippen LogP contribution < -0.4 is 5.32 Å². The zero-order valence-electron chi connectivity index (χ0n) is 11.4. The van der Waals surface area contributed by atoms with Crippen molar-refractivity contribution in [3.05, 3.63) is 30.1 Å². The fraction of sp³-hybridized carbons (Fsp3) is 0.533. The maximum atomic E-state index is 4.87. The van der Waals surface area contributed by atoms with E-state index in [2.05, 4.69) is 54.9 Å². The minimum absolute atomic E-state index is 0.461. The minimum atomic E-state index is 0.461. The second-order valence-corrected chi connectivity index (χ2v) is 5.63. The van der Waals surface area contributed by atoms with Crippen LogP contribution in [-0.4, -0.2) is 22.6 Å². The number of nitrogens with zero attached hydrogens (tertiary/aromatic N) is 2. The predicted molar refractivity (Wildman–Crippen MR) is 74.9 cm³/mol. The van der Waals surface area contributed by atoms with E-state index in [0.717, 1.165) is 24.5 Å². The molecule has 1 fully saturated rings. The summed E-state index contributed by atoms with van der Waals surface area (Å²) in [5.41, 5.74) is 2.39. The lowest BCUT2D eigenvalue weighted by Gasteiger charge is -2.33. The van der Waals surface area contributed by atoms with Crippen LogP contribution in [0.4, 0.5) is 0 Å². The zero-order valence-corrected chi connectivity index (χ0v) is 11.4. The summed E-state index contributed by atoms with van der Waals surface area (Å²) in [6, 6.07) is 8.92. The first kappa shape index (κ1) is 11.7. The summed E-state index contributed by atoms with van der Waals surface area (Å²) in [6.45, 7) is 9.04. The molecule has 96 valence electrons. The van der Waals surface area contributed by atoms with Gasteiger partial charge in [0.2, 0.25) is 0 Å². The highest BCUT2D eigenvalue weighted by Gasteiger charge is 2.29. The van der Waals surface area contributed by atoms with Crippen molar-refractivity contribution in [3.63, 3.8) is 0 Å². The Balaban J connectivity index is 2.11. The highest BCUT2D eigenvalue weighted by molar-refractivity contribution is 5.76. The third-order valence-corrected chi connectivity index (χ3v) is 4.07. The quantitative estimate of drug-likeness (QED) is 0.898. The molecule has 1 aromatic carbocycles. The van der Waals surface area contributed by atoms with E-state index in [1.54, 1.807) is 0 Å². The Morgan fingerprint density at radius 3 is 2.56 bits per heavy atom. The summed E-state index contributed by atoms with van der Waals surface area (Å²) in [7, 11) is 0. The first-order valence-corrected chi connectivity index (χ1v) is 6.86. The normalized spacial score (nSPS) is 18.2. The molecule has 0 radical (unpaired) electrons. The fourth-order valence-corrected chi connectivity index (χ4v) is 2.80. The molecule has 3 rings (SSSR count). The van der Waals surface area contributed by atoms with E-state index < -0.39 is 0 Å². The summed E-state index contributed by atoms with van der Waals surface area (Å²) in [5.74, 6) is 2.51. The van der Waals surface area contributed by atoms with Gasteiger partial charge >= 0.3 is 0 Å². The number of fused-ring (bicyclic) bond motifs is 1. The van der Waals surface area contributed by atoms with E-state index in [1.807, 2.05) is 0 Å². The van der Waals surface area contributed by atoms with Crippen LogP contribution in [0.2, 0.25) is 0 Å². The number of nitrogens with one attached hydrogen (secondary N) is 1. The molecule has 1 unspecified atom stereocenters. The molecule has 3 heteroatoms. The second-order valence-electron chi connectivity index (χ2n) is 5.63. The number of hydrogen-bond acceptors (Lipinski definition) is 2. The van der Waals surface area contributed by atoms with E-state index in [-0.39, 0.29) is 0 Å². The lowest BCUT2D eigenvalue weighted by Crippen LogP contribution is -2.45. The van der Waals surface area contributed by atoms with Gasteiger partial charge in [0.25, 0.3) is 0 Å². The first-order chi connectivity index (χ1) is 8.68. The Morgan fingerprint density at radius 2 is 1.94 bits per heavy atom. The lowest BCUT2D eigenvalue weighted by atomic mass is 9.88. The molecule has 3 nitrogen and oxygen atoms in total. The summed E-state index contributed by atoms with van der Waals surface area (Å²) in [5, 5.41) is 3.36. The van der Waals surface area contributed by atoms with Crippen LogP contribution in [0.15, 0.2) is 24.3 Å². The topological polar surface area (TPSA) is 29.9 Å². The Morgan fingerprint density at radius 1 is 1.22 bits per heavy atom. The summed E-state index contributed by atoms with van der Waals surface area (Å²) in [4.78, 5) is 4.87. The third-order valence-electron chi connectivity index (χ3n) is 4.07. The smallest absolute Gasteiger partial charge is 0.113 e. The summed E-state index contributed by atoms with van der Waals surface area (Å²) in [6.07, 6.45) is 0. The first-order valence-electron chi connectivity index (χ1n) is 6.86. The van der Waals surface area contributed by atoms with Crippen LogP contribution in [0.1, 0.15) is 38.6 Å². The highest BCUT2D eigenvalue weighted by Crippen LogP contribution is 2.31. The minimum Gasteiger partial charge on any atom is -0.325 e. The van der Waals surface area contributed by atoms with Crippen molar-refractivity contribution in [1.29, 1.82) is 0 Å². The summed E-state index contributed by atoms with van der Waals surface area (Å²) < 4.78 is 2.40. The van der Waals surface area contributed by atoms with Gasteiger partial charge in [0, 0.05) is 12.0 Å². The van der Waals surface area contributed by atoms with E-state index in [1.165, 1.54) is 11.3 Å². The van der Waals surface area contributed by atoms with Crippen molar-refractivity contribution in [2.45, 2.75) is 32.7 Å². The van der Waals surface area contributed by atoms with Gasteiger partial charge in [-0.25, -0.2) is 4.98 Å². The molecule has 2 heterocycles. The van der Waals surface area contributed by atoms with Crippen LogP contribution in [0.3, 0.4) is 0 Å². The Kier molecular flexibility index (Phi) is 2.86. The monoisotopic (exact) mass is 243 g/mol. The molecule has 1 N–H and O–H groups in total. The average Bonchev–Trinajstić information content (AvgIpc) is 2.65. The van der Waals surface area contributed by atoms with Crippen LogP contribution in [0.25, 0.3) is 11.0 Å². The molecule has 2 aromatic rings. The van der Waals surface area contributed by atoms with Gasteiger partial charge < -0.3 is 9.88 Å². The number of hydrogen-bond donors (Lipinski definition) is 1. The SMILES string of the molecule is CC(c1nc2ccccc2n1C(C)C)C1CNC1. The van der Waals surface area contributed by atoms with E-state index in [9.17, 15) is 0 Å². The van der Waals surface area contributed by atoms with Crippen molar-refractivity contribution in [3.8, 4) is 0 Å². The molecule has 1 aromatic heterocycles. The molecule has 18 heavy (non-hydrogen) atoms. The number of benzene rings is 1. The van der Waals surface area contributed by atoms with Crippen LogP contribution in [0, 0.1) is 5.92 Å². The van der Waals surface area contributed by atoms with Crippen LogP contribution in [-0.2, 0) is 0 Å². The molecular formula is C15H21N3. The summed E-state index contributed by atoms with van der Waals surface area (Å²) >= 11 is 0. The van der Waals surface area contributed by atoms with Crippen molar-refractivity contribution in [2.75, 3.05) is 13.1 Å². The molecule has 1 saturated heterocycles. The van der Waals surface area contributed by atoms with E-state index in [0.29, 0.717) is 12.0 Å². The fourth-order valence-electron chi connectivity index (χ4n) is 2.80. The average molecular weight is 243 g/mol. The van der Waals surface area contributed by atoms with Crippen molar-refractivity contribution < 1.29 is 0 Å². The van der Waals surface area contributed by atoms with Crippen molar-refractivity contribution in [2.24, 2.45) is 5.92 Å². The van der Waals surface area contributed by atoms with Gasteiger partial charge in [-0.15, -0.1) is 0 Å². The molecule has 1 atom stereocenters. The molecule has 1 aliphatic heterocycles. The zero-order chi connectivity index (χ0) is 12.7. The predicted octanol–water partition coefficient (Wildman–Crippen LogP) is 2.94. The van der Waals surface area contributed by atoms with Crippen LogP contribution >= 0.6 is 0 Å². The molecule has 1 aliphatic rings. The number of imidazole rings is 1. The number of para-hydroxylation sites is 2.